The lowest BCUT2D eigenvalue weighted by molar-refractivity contribution is -0.122. The van der Waals surface area contributed by atoms with Crippen molar-refractivity contribution < 1.29 is 14.3 Å². The minimum Gasteiger partial charge on any atom is -0.497 e. The number of hydrogen-bond acceptors (Lipinski definition) is 4. The average molecular weight is 393 g/mol. The van der Waals surface area contributed by atoms with Crippen molar-refractivity contribution in [2.75, 3.05) is 41.9 Å². The second kappa shape index (κ2) is 8.55. The summed E-state index contributed by atoms with van der Waals surface area (Å²) in [5.41, 5.74) is 2.76. The van der Waals surface area contributed by atoms with E-state index in [0.29, 0.717) is 12.2 Å². The smallest absolute Gasteiger partial charge is 0.229 e. The lowest BCUT2D eigenvalue weighted by atomic mass is 10.1. The van der Waals surface area contributed by atoms with Gasteiger partial charge < -0.3 is 19.9 Å². The molecule has 2 aromatic carbocycles. The Kier molecular flexibility index (Phi) is 5.69. The molecule has 152 valence electrons. The second-order valence-electron chi connectivity index (χ2n) is 7.69. The van der Waals surface area contributed by atoms with E-state index < -0.39 is 0 Å². The molecule has 1 N–H and O–H groups in total. The van der Waals surface area contributed by atoms with Crippen molar-refractivity contribution in [1.82, 2.24) is 0 Å². The molecule has 0 saturated carbocycles. The maximum atomic E-state index is 12.6. The molecule has 29 heavy (non-hydrogen) atoms. The van der Waals surface area contributed by atoms with Crippen molar-refractivity contribution in [3.8, 4) is 5.75 Å². The highest BCUT2D eigenvalue weighted by Crippen LogP contribution is 2.29. The number of piperidine rings is 1. The number of nitrogens with one attached hydrogen (secondary N) is 1. The Bertz CT molecular complexity index is 858. The van der Waals surface area contributed by atoms with Gasteiger partial charge in [0.1, 0.15) is 5.75 Å². The third kappa shape index (κ3) is 4.36. The van der Waals surface area contributed by atoms with Gasteiger partial charge in [-0.05, 0) is 67.8 Å². The van der Waals surface area contributed by atoms with Crippen molar-refractivity contribution in [2.45, 2.75) is 25.7 Å². The molecular formula is C23H27N3O3. The number of nitrogens with zero attached hydrogens (tertiary/aromatic N) is 2. The van der Waals surface area contributed by atoms with Crippen molar-refractivity contribution in [1.29, 1.82) is 0 Å². The zero-order valence-corrected chi connectivity index (χ0v) is 16.8. The van der Waals surface area contributed by atoms with E-state index in [2.05, 4.69) is 22.3 Å². The van der Waals surface area contributed by atoms with Crippen LogP contribution in [0.2, 0.25) is 0 Å². The van der Waals surface area contributed by atoms with Gasteiger partial charge in [-0.1, -0.05) is 0 Å². The SMILES string of the molecule is COc1ccc(NC(=O)C2CC(=O)N(c3ccc(N4CCCCC4)cc3)C2)cc1. The van der Waals surface area contributed by atoms with Crippen LogP contribution < -0.4 is 19.9 Å². The minimum absolute atomic E-state index is 0.00870. The van der Waals surface area contributed by atoms with Gasteiger partial charge in [-0.25, -0.2) is 0 Å². The van der Waals surface area contributed by atoms with Crippen LogP contribution in [0, 0.1) is 5.92 Å². The standard InChI is InChI=1S/C23H27N3O3/c1-29-21-11-5-18(6-12-21)24-23(28)17-15-22(27)26(16-17)20-9-7-19(8-10-20)25-13-3-2-4-14-25/h5-12,17H,2-4,13-16H2,1H3,(H,24,28). The Morgan fingerprint density at radius 2 is 1.62 bits per heavy atom. The number of rotatable bonds is 5. The van der Waals surface area contributed by atoms with Crippen LogP contribution in [0.15, 0.2) is 48.5 Å². The van der Waals surface area contributed by atoms with Crippen LogP contribution in [-0.2, 0) is 9.59 Å². The molecule has 0 spiro atoms. The highest BCUT2D eigenvalue weighted by atomic mass is 16.5. The number of methoxy groups -OCH3 is 1. The Balaban J connectivity index is 1.38. The quantitative estimate of drug-likeness (QED) is 0.842. The van der Waals surface area contributed by atoms with Crippen LogP contribution in [0.3, 0.4) is 0 Å². The number of ether oxygens (including phenoxy) is 1. The number of benzene rings is 2. The molecular weight excluding hydrogens is 366 g/mol. The van der Waals surface area contributed by atoms with Gasteiger partial charge in [-0.3, -0.25) is 9.59 Å². The van der Waals surface area contributed by atoms with E-state index in [1.807, 2.05) is 12.1 Å². The third-order valence-electron chi connectivity index (χ3n) is 5.74. The van der Waals surface area contributed by atoms with Crippen LogP contribution in [0.4, 0.5) is 17.1 Å². The molecule has 4 rings (SSSR count). The van der Waals surface area contributed by atoms with Crippen molar-refractivity contribution in [2.24, 2.45) is 5.92 Å². The normalized spacial score (nSPS) is 19.3. The summed E-state index contributed by atoms with van der Waals surface area (Å²) in [4.78, 5) is 29.3. The van der Waals surface area contributed by atoms with Gasteiger partial charge >= 0.3 is 0 Å². The van der Waals surface area contributed by atoms with E-state index in [-0.39, 0.29) is 24.2 Å². The van der Waals surface area contributed by atoms with Gasteiger partial charge in [0.05, 0.1) is 13.0 Å². The Labute approximate surface area is 171 Å². The first-order valence-corrected chi connectivity index (χ1v) is 10.2. The zero-order chi connectivity index (χ0) is 20.2. The van der Waals surface area contributed by atoms with Crippen LogP contribution >= 0.6 is 0 Å². The van der Waals surface area contributed by atoms with Crippen molar-refractivity contribution >= 4 is 28.9 Å². The fraction of sp³-hybridized carbons (Fsp3) is 0.391. The Morgan fingerprint density at radius 3 is 2.28 bits per heavy atom. The third-order valence-corrected chi connectivity index (χ3v) is 5.74. The monoisotopic (exact) mass is 393 g/mol. The second-order valence-corrected chi connectivity index (χ2v) is 7.69. The van der Waals surface area contributed by atoms with E-state index in [4.69, 9.17) is 4.74 Å². The maximum Gasteiger partial charge on any atom is 0.229 e. The lowest BCUT2D eigenvalue weighted by Crippen LogP contribution is -2.30. The molecule has 2 aliphatic rings. The number of amides is 2. The number of carbonyl (C=O) groups excluding carboxylic acids is 2. The molecule has 1 unspecified atom stereocenters. The first kappa shape index (κ1) is 19.3. The molecule has 0 aliphatic carbocycles. The lowest BCUT2D eigenvalue weighted by Gasteiger charge is -2.29. The molecule has 2 saturated heterocycles. The summed E-state index contributed by atoms with van der Waals surface area (Å²) in [6.07, 6.45) is 4.00. The molecule has 6 heteroatoms. The van der Waals surface area contributed by atoms with Crippen LogP contribution in [0.25, 0.3) is 0 Å². The van der Waals surface area contributed by atoms with E-state index in [1.165, 1.54) is 24.9 Å². The average Bonchev–Trinajstić information content (AvgIpc) is 3.17. The summed E-state index contributed by atoms with van der Waals surface area (Å²) in [5, 5.41) is 2.90. The fourth-order valence-corrected chi connectivity index (χ4v) is 4.05. The van der Waals surface area contributed by atoms with Gasteiger partial charge in [0.2, 0.25) is 11.8 Å². The fourth-order valence-electron chi connectivity index (χ4n) is 4.05. The summed E-state index contributed by atoms with van der Waals surface area (Å²) in [7, 11) is 1.60. The highest BCUT2D eigenvalue weighted by molar-refractivity contribution is 6.03. The van der Waals surface area contributed by atoms with E-state index in [9.17, 15) is 9.59 Å². The molecule has 0 radical (unpaired) electrons. The van der Waals surface area contributed by atoms with Gasteiger partial charge in [0, 0.05) is 43.1 Å². The van der Waals surface area contributed by atoms with E-state index in [1.54, 1.807) is 36.3 Å². The maximum absolute atomic E-state index is 12.6. The Morgan fingerprint density at radius 1 is 0.966 bits per heavy atom. The minimum atomic E-state index is -0.355. The Hall–Kier alpha value is -3.02. The zero-order valence-electron chi connectivity index (χ0n) is 16.8. The number of hydrogen-bond donors (Lipinski definition) is 1. The molecule has 2 fully saturated rings. The van der Waals surface area contributed by atoms with E-state index >= 15 is 0 Å². The van der Waals surface area contributed by atoms with Crippen molar-refractivity contribution in [3.63, 3.8) is 0 Å². The molecule has 2 aromatic rings. The predicted molar refractivity (Wildman–Crippen MR) is 115 cm³/mol. The molecule has 2 heterocycles. The predicted octanol–water partition coefficient (Wildman–Crippen LogP) is 3.68. The summed E-state index contributed by atoms with van der Waals surface area (Å²) in [5.74, 6) is 0.242. The molecule has 1 atom stereocenters. The first-order chi connectivity index (χ1) is 14.1. The largest absolute Gasteiger partial charge is 0.497 e. The summed E-state index contributed by atoms with van der Waals surface area (Å²) in [6.45, 7) is 2.59. The summed E-state index contributed by atoms with van der Waals surface area (Å²) in [6, 6.07) is 15.3. The summed E-state index contributed by atoms with van der Waals surface area (Å²) < 4.78 is 5.13. The molecule has 2 amide bonds. The van der Waals surface area contributed by atoms with Gasteiger partial charge in [0.15, 0.2) is 0 Å². The molecule has 0 bridgehead atoms. The summed E-state index contributed by atoms with van der Waals surface area (Å²) >= 11 is 0. The van der Waals surface area contributed by atoms with Crippen molar-refractivity contribution in [3.05, 3.63) is 48.5 Å². The van der Waals surface area contributed by atoms with Crippen LogP contribution in [-0.4, -0.2) is 38.6 Å². The molecule has 2 aliphatic heterocycles. The number of anilines is 3. The van der Waals surface area contributed by atoms with Gasteiger partial charge in [-0.2, -0.15) is 0 Å². The number of carbonyl (C=O) groups is 2. The van der Waals surface area contributed by atoms with E-state index in [0.717, 1.165) is 24.5 Å². The first-order valence-electron chi connectivity index (χ1n) is 10.2. The molecule has 6 nitrogen and oxygen atoms in total. The highest BCUT2D eigenvalue weighted by Gasteiger charge is 2.35. The molecule has 0 aromatic heterocycles. The topological polar surface area (TPSA) is 61.9 Å². The van der Waals surface area contributed by atoms with Crippen LogP contribution in [0.5, 0.6) is 5.75 Å². The van der Waals surface area contributed by atoms with Crippen LogP contribution in [0.1, 0.15) is 25.7 Å². The van der Waals surface area contributed by atoms with Gasteiger partial charge in [-0.15, -0.1) is 0 Å². The van der Waals surface area contributed by atoms with Gasteiger partial charge in [0.25, 0.3) is 0 Å².